The van der Waals surface area contributed by atoms with Crippen molar-refractivity contribution in [2.45, 2.75) is 6.10 Å². The molecule has 0 saturated carbocycles. The second kappa shape index (κ2) is 4.33. The summed E-state index contributed by atoms with van der Waals surface area (Å²) in [6.07, 6.45) is 0.983. The van der Waals surface area contributed by atoms with Gasteiger partial charge in [-0.1, -0.05) is 6.58 Å². The van der Waals surface area contributed by atoms with Gasteiger partial charge in [0.1, 0.15) is 12.4 Å². The normalized spacial score (nSPS) is 12.1. The monoisotopic (exact) mass is 115 g/mol. The number of aliphatic hydroxyl groups excluding tert-OH is 1. The molecule has 8 heavy (non-hydrogen) atoms. The van der Waals surface area contributed by atoms with Crippen LogP contribution in [0.5, 0.6) is 0 Å². The Morgan fingerprint density at radius 1 is 1.88 bits per heavy atom. The summed E-state index contributed by atoms with van der Waals surface area (Å²) in [6.45, 7) is 3.57. The van der Waals surface area contributed by atoms with Crippen LogP contribution in [0.2, 0.25) is 0 Å². The lowest BCUT2D eigenvalue weighted by atomic mass is 10.4. The SMILES string of the molecule is C=CNCC(O)C=O. The highest BCUT2D eigenvalue weighted by molar-refractivity contribution is 5.55. The summed E-state index contributed by atoms with van der Waals surface area (Å²) in [5, 5.41) is 11.1. The van der Waals surface area contributed by atoms with Gasteiger partial charge in [-0.05, 0) is 6.20 Å². The first-order valence-electron chi connectivity index (χ1n) is 2.29. The highest BCUT2D eigenvalue weighted by Crippen LogP contribution is 1.69. The first-order valence-corrected chi connectivity index (χ1v) is 2.29. The van der Waals surface area contributed by atoms with E-state index >= 15 is 0 Å². The van der Waals surface area contributed by atoms with Crippen LogP contribution in [0.1, 0.15) is 0 Å². The molecule has 0 aliphatic carbocycles. The zero-order valence-corrected chi connectivity index (χ0v) is 4.50. The first-order chi connectivity index (χ1) is 3.81. The van der Waals surface area contributed by atoms with Crippen LogP contribution < -0.4 is 5.32 Å². The van der Waals surface area contributed by atoms with E-state index in [0.29, 0.717) is 6.29 Å². The molecule has 0 aliphatic rings. The summed E-state index contributed by atoms with van der Waals surface area (Å²) in [7, 11) is 0. The van der Waals surface area contributed by atoms with Crippen molar-refractivity contribution >= 4 is 6.29 Å². The van der Waals surface area contributed by atoms with Gasteiger partial charge in [-0.2, -0.15) is 0 Å². The van der Waals surface area contributed by atoms with Crippen molar-refractivity contribution in [3.05, 3.63) is 12.8 Å². The summed E-state index contributed by atoms with van der Waals surface area (Å²) in [5.41, 5.74) is 0. The molecule has 0 aromatic rings. The maximum absolute atomic E-state index is 9.69. The van der Waals surface area contributed by atoms with E-state index in [9.17, 15) is 4.79 Å². The fourth-order valence-corrected chi connectivity index (χ4v) is 0.252. The Kier molecular flexibility index (Phi) is 3.88. The van der Waals surface area contributed by atoms with Gasteiger partial charge in [0.15, 0.2) is 0 Å². The summed E-state index contributed by atoms with van der Waals surface area (Å²) < 4.78 is 0. The van der Waals surface area contributed by atoms with Crippen LogP contribution in [0.4, 0.5) is 0 Å². The molecule has 0 aliphatic heterocycles. The maximum Gasteiger partial charge on any atom is 0.150 e. The molecule has 3 nitrogen and oxygen atoms in total. The Morgan fingerprint density at radius 2 is 2.50 bits per heavy atom. The second-order valence-electron chi connectivity index (χ2n) is 1.32. The molecule has 1 unspecified atom stereocenters. The van der Waals surface area contributed by atoms with E-state index in [1.807, 2.05) is 0 Å². The maximum atomic E-state index is 9.69. The Hall–Kier alpha value is -0.830. The van der Waals surface area contributed by atoms with Crippen molar-refractivity contribution in [2.75, 3.05) is 6.54 Å². The van der Waals surface area contributed by atoms with Gasteiger partial charge >= 0.3 is 0 Å². The van der Waals surface area contributed by atoms with E-state index in [4.69, 9.17) is 5.11 Å². The van der Waals surface area contributed by atoms with Crippen molar-refractivity contribution in [2.24, 2.45) is 0 Å². The molecule has 0 fully saturated rings. The van der Waals surface area contributed by atoms with Crippen molar-refractivity contribution < 1.29 is 9.90 Å². The second-order valence-corrected chi connectivity index (χ2v) is 1.32. The van der Waals surface area contributed by atoms with Crippen LogP contribution in [0.3, 0.4) is 0 Å². The van der Waals surface area contributed by atoms with Crippen LogP contribution in [0.25, 0.3) is 0 Å². The number of nitrogens with one attached hydrogen (secondary N) is 1. The molecule has 1 atom stereocenters. The minimum atomic E-state index is -0.909. The number of rotatable bonds is 4. The molecule has 0 amide bonds. The van der Waals surface area contributed by atoms with E-state index in [0.717, 1.165) is 0 Å². The summed E-state index contributed by atoms with van der Waals surface area (Å²) >= 11 is 0. The third-order valence-corrected chi connectivity index (χ3v) is 0.628. The third kappa shape index (κ3) is 3.36. The molecule has 46 valence electrons. The van der Waals surface area contributed by atoms with E-state index in [1.165, 1.54) is 6.20 Å². The van der Waals surface area contributed by atoms with Gasteiger partial charge in [-0.25, -0.2) is 0 Å². The topological polar surface area (TPSA) is 49.3 Å². The van der Waals surface area contributed by atoms with Crippen LogP contribution in [0.15, 0.2) is 12.8 Å². The molecule has 0 aromatic carbocycles. The molecular weight excluding hydrogens is 106 g/mol. The van der Waals surface area contributed by atoms with Crippen molar-refractivity contribution in [3.8, 4) is 0 Å². The standard InChI is InChI=1S/C5H9NO2/c1-2-6-3-5(8)4-7/h2,4-6,8H,1,3H2. The largest absolute Gasteiger partial charge is 0.388 e. The molecule has 3 heteroatoms. The van der Waals surface area contributed by atoms with E-state index in [-0.39, 0.29) is 6.54 Å². The molecule has 0 aromatic heterocycles. The van der Waals surface area contributed by atoms with Crippen LogP contribution >= 0.6 is 0 Å². The van der Waals surface area contributed by atoms with Gasteiger partial charge in [0, 0.05) is 6.54 Å². The van der Waals surface area contributed by atoms with Gasteiger partial charge < -0.3 is 15.2 Å². The van der Waals surface area contributed by atoms with Gasteiger partial charge in [0.2, 0.25) is 0 Å². The van der Waals surface area contributed by atoms with Crippen molar-refractivity contribution in [1.82, 2.24) is 5.32 Å². The minimum Gasteiger partial charge on any atom is -0.388 e. The lowest BCUT2D eigenvalue weighted by Gasteiger charge is -1.99. The molecule has 0 saturated heterocycles. The number of aliphatic hydroxyl groups is 1. The number of hydrogen-bond acceptors (Lipinski definition) is 3. The highest BCUT2D eigenvalue weighted by Gasteiger charge is 1.95. The molecule has 0 rings (SSSR count). The smallest absolute Gasteiger partial charge is 0.150 e. The van der Waals surface area contributed by atoms with Crippen molar-refractivity contribution in [1.29, 1.82) is 0 Å². The summed E-state index contributed by atoms with van der Waals surface area (Å²) in [5.74, 6) is 0. The Labute approximate surface area is 48.0 Å². The van der Waals surface area contributed by atoms with E-state index in [2.05, 4.69) is 11.9 Å². The van der Waals surface area contributed by atoms with E-state index in [1.54, 1.807) is 0 Å². The Morgan fingerprint density at radius 3 is 2.88 bits per heavy atom. The van der Waals surface area contributed by atoms with Crippen molar-refractivity contribution in [3.63, 3.8) is 0 Å². The zero-order chi connectivity index (χ0) is 6.41. The minimum absolute atomic E-state index is 0.243. The Bertz CT molecular complexity index is 82.5. The van der Waals surface area contributed by atoms with Gasteiger partial charge in [0.25, 0.3) is 0 Å². The highest BCUT2D eigenvalue weighted by atomic mass is 16.3. The van der Waals surface area contributed by atoms with Gasteiger partial charge in [-0.3, -0.25) is 0 Å². The van der Waals surface area contributed by atoms with Gasteiger partial charge in [0.05, 0.1) is 0 Å². The summed E-state index contributed by atoms with van der Waals surface area (Å²) in [6, 6.07) is 0. The number of carbonyl (C=O) groups is 1. The fourth-order valence-electron chi connectivity index (χ4n) is 0.252. The third-order valence-electron chi connectivity index (χ3n) is 0.628. The summed E-state index contributed by atoms with van der Waals surface area (Å²) in [4.78, 5) is 9.69. The molecule has 0 radical (unpaired) electrons. The number of hydrogen-bond donors (Lipinski definition) is 2. The molecule has 0 spiro atoms. The quantitative estimate of drug-likeness (QED) is 0.475. The molecule has 2 N–H and O–H groups in total. The number of aldehydes is 1. The van der Waals surface area contributed by atoms with E-state index < -0.39 is 6.10 Å². The predicted molar refractivity (Wildman–Crippen MR) is 30.3 cm³/mol. The lowest BCUT2D eigenvalue weighted by molar-refractivity contribution is -0.114. The van der Waals surface area contributed by atoms with Crippen LogP contribution in [0, 0.1) is 0 Å². The number of carbonyl (C=O) groups excluding carboxylic acids is 1. The molecule has 0 bridgehead atoms. The average molecular weight is 115 g/mol. The molecule has 0 heterocycles. The van der Waals surface area contributed by atoms with Crippen LogP contribution in [-0.2, 0) is 4.79 Å². The van der Waals surface area contributed by atoms with Gasteiger partial charge in [-0.15, -0.1) is 0 Å². The zero-order valence-electron chi connectivity index (χ0n) is 4.50. The Balaban J connectivity index is 3.09. The fraction of sp³-hybridized carbons (Fsp3) is 0.400. The average Bonchev–Trinajstić information content (AvgIpc) is 1.83. The first kappa shape index (κ1) is 7.17. The predicted octanol–water partition coefficient (Wildman–Crippen LogP) is -0.721. The van der Waals surface area contributed by atoms with Crippen LogP contribution in [-0.4, -0.2) is 24.0 Å². The lowest BCUT2D eigenvalue weighted by Crippen LogP contribution is -2.23. The molecular formula is C5H9NO2.